The largest absolute Gasteiger partial charge is 0.456 e. The topological polar surface area (TPSA) is 45.9 Å². The third kappa shape index (κ3) is 7.46. The maximum atomic E-state index is 6.95. The first-order valence-corrected chi connectivity index (χ1v) is 31.2. The molecular formula is C86H54N2O3. The number of nitrogens with zero attached hydrogens (tertiary/aromatic N) is 2. The molecular weight excluding hydrogens is 1110 g/mol. The van der Waals surface area contributed by atoms with Crippen LogP contribution in [0, 0.1) is 0 Å². The van der Waals surface area contributed by atoms with Gasteiger partial charge >= 0.3 is 0 Å². The Morgan fingerprint density at radius 2 is 0.451 bits per heavy atom. The zero-order valence-electron chi connectivity index (χ0n) is 49.3. The molecule has 2 aliphatic rings. The summed E-state index contributed by atoms with van der Waals surface area (Å²) in [6.45, 7) is 0. The fourth-order valence-corrected chi connectivity index (χ4v) is 15.8. The summed E-state index contributed by atoms with van der Waals surface area (Å²) in [6.07, 6.45) is 0. The van der Waals surface area contributed by atoms with E-state index < -0.39 is 10.8 Å². The Bertz CT molecular complexity index is 5280. The Labute approximate surface area is 525 Å². The van der Waals surface area contributed by atoms with E-state index in [1.807, 2.05) is 0 Å². The summed E-state index contributed by atoms with van der Waals surface area (Å²) < 4.78 is 20.7. The van der Waals surface area contributed by atoms with Crippen molar-refractivity contribution in [3.05, 3.63) is 372 Å². The zero-order valence-corrected chi connectivity index (χ0v) is 49.3. The van der Waals surface area contributed by atoms with Gasteiger partial charge in [0.1, 0.15) is 33.5 Å². The van der Waals surface area contributed by atoms with Crippen LogP contribution >= 0.6 is 0 Å². The minimum absolute atomic E-state index is 0.541. The minimum atomic E-state index is -0.541. The Morgan fingerprint density at radius 1 is 0.187 bits per heavy atom. The highest BCUT2D eigenvalue weighted by molar-refractivity contribution is 6.19. The molecule has 3 aromatic heterocycles. The molecule has 5 heteroatoms. The van der Waals surface area contributed by atoms with Gasteiger partial charge in [-0.1, -0.05) is 218 Å². The van der Waals surface area contributed by atoms with Crippen LogP contribution in [0.4, 0.5) is 34.1 Å². The van der Waals surface area contributed by atoms with Gasteiger partial charge in [-0.25, -0.2) is 0 Å². The summed E-state index contributed by atoms with van der Waals surface area (Å²) in [7, 11) is 0. The SMILES string of the molecule is c1ccc(N(c2ccc3c(c2)C(c2ccccc2)(c2ccccc2)c2ccccc2-3)c2ccc3c(c2)oc2cc4c(cc23)oc2cc3c(cc24)oc2cc(N(c4ccccc4)c4ccc5c(c4)C(c4ccccc4)(c4ccccc4)c4ccccc4-5)ccc23)cc1. The van der Waals surface area contributed by atoms with Crippen LogP contribution in [0.2, 0.25) is 0 Å². The van der Waals surface area contributed by atoms with Crippen LogP contribution in [-0.4, -0.2) is 0 Å². The van der Waals surface area contributed by atoms with Crippen LogP contribution in [0.3, 0.4) is 0 Å². The van der Waals surface area contributed by atoms with E-state index >= 15 is 0 Å². The lowest BCUT2D eigenvalue weighted by atomic mass is 9.67. The predicted octanol–water partition coefficient (Wildman–Crippen LogP) is 23.1. The van der Waals surface area contributed by atoms with E-state index in [0.29, 0.717) is 0 Å². The van der Waals surface area contributed by atoms with Gasteiger partial charge in [-0.2, -0.15) is 0 Å². The van der Waals surface area contributed by atoms with Crippen molar-refractivity contribution in [3.63, 3.8) is 0 Å². The molecule has 3 heterocycles. The van der Waals surface area contributed by atoms with Gasteiger partial charge in [0.05, 0.1) is 10.8 Å². The number of furan rings is 3. The molecule has 0 N–H and O–H groups in total. The van der Waals surface area contributed by atoms with Crippen molar-refractivity contribution >= 4 is 99.9 Å². The highest BCUT2D eigenvalue weighted by Gasteiger charge is 2.48. The van der Waals surface area contributed by atoms with Crippen molar-refractivity contribution in [1.82, 2.24) is 0 Å². The van der Waals surface area contributed by atoms with Crippen LogP contribution < -0.4 is 9.80 Å². The van der Waals surface area contributed by atoms with Gasteiger partial charge < -0.3 is 23.1 Å². The zero-order chi connectivity index (χ0) is 59.8. The lowest BCUT2D eigenvalue weighted by Crippen LogP contribution is -2.28. The molecule has 5 nitrogen and oxygen atoms in total. The highest BCUT2D eigenvalue weighted by Crippen LogP contribution is 2.59. The number of hydrogen-bond acceptors (Lipinski definition) is 5. The second kappa shape index (κ2) is 19.8. The minimum Gasteiger partial charge on any atom is -0.456 e. The first kappa shape index (κ1) is 51.2. The molecule has 91 heavy (non-hydrogen) atoms. The summed E-state index contributed by atoms with van der Waals surface area (Å²) in [5.41, 5.74) is 24.8. The molecule has 14 aromatic carbocycles. The molecule has 0 atom stereocenters. The second-order valence-corrected chi connectivity index (χ2v) is 24.2. The number of hydrogen-bond donors (Lipinski definition) is 0. The van der Waals surface area contributed by atoms with Gasteiger partial charge in [-0.05, 0) is 164 Å². The van der Waals surface area contributed by atoms with Crippen molar-refractivity contribution in [2.45, 2.75) is 10.8 Å². The fraction of sp³-hybridized carbons (Fsp3) is 0.0233. The smallest absolute Gasteiger partial charge is 0.137 e. The Kier molecular flexibility index (Phi) is 11.1. The van der Waals surface area contributed by atoms with Gasteiger partial charge in [0.2, 0.25) is 0 Å². The normalized spacial score (nSPS) is 13.5. The third-order valence-corrected chi connectivity index (χ3v) is 19.6. The summed E-state index contributed by atoms with van der Waals surface area (Å²) in [5.74, 6) is 0. The van der Waals surface area contributed by atoms with Crippen molar-refractivity contribution in [2.24, 2.45) is 0 Å². The first-order valence-electron chi connectivity index (χ1n) is 31.2. The van der Waals surface area contributed by atoms with Gasteiger partial charge in [0.25, 0.3) is 0 Å². The van der Waals surface area contributed by atoms with Gasteiger partial charge in [-0.3, -0.25) is 0 Å². The van der Waals surface area contributed by atoms with E-state index in [4.69, 9.17) is 13.3 Å². The van der Waals surface area contributed by atoms with Crippen molar-refractivity contribution in [2.75, 3.05) is 9.80 Å². The molecule has 0 fully saturated rings. The van der Waals surface area contributed by atoms with E-state index in [1.165, 1.54) is 66.8 Å². The average molecular weight is 1160 g/mol. The molecule has 0 spiro atoms. The van der Waals surface area contributed by atoms with Crippen LogP contribution in [0.25, 0.3) is 88.1 Å². The van der Waals surface area contributed by atoms with Gasteiger partial charge in [-0.15, -0.1) is 0 Å². The summed E-state index contributed by atoms with van der Waals surface area (Å²) in [4.78, 5) is 4.70. The van der Waals surface area contributed by atoms with E-state index in [1.54, 1.807) is 0 Å². The molecule has 0 aliphatic heterocycles. The third-order valence-electron chi connectivity index (χ3n) is 19.6. The number of rotatable bonds is 10. The van der Waals surface area contributed by atoms with Crippen LogP contribution in [0.5, 0.6) is 0 Å². The molecule has 2 aliphatic carbocycles. The molecule has 0 saturated heterocycles. The standard InChI is InChI=1S/C86H54N2O3/c1-7-23-55(24-8-1)85(56-25-9-2-10-26-56)75-37-21-19-35-65(75)67-43-39-61(47-77(67)85)87(59-31-15-5-16-32-59)63-41-45-69-71-51-83-73(53-81(71)89-79(69)49-63)74-54-82-72(52-84(74)91-83)70-46-42-64(50-80(70)90-82)88(60-33-17-6-18-34-60)62-40-44-68-66-36-20-22-38-76(66)86(78(68)48-62,57-27-11-3-12-28-57)58-29-13-4-14-30-58/h1-54H. The molecule has 0 unspecified atom stereocenters. The lowest BCUT2D eigenvalue weighted by molar-refractivity contribution is 0.662. The molecule has 426 valence electrons. The van der Waals surface area contributed by atoms with Gasteiger partial charge in [0.15, 0.2) is 0 Å². The van der Waals surface area contributed by atoms with Crippen LogP contribution in [-0.2, 0) is 10.8 Å². The lowest BCUT2D eigenvalue weighted by Gasteiger charge is -2.35. The number of benzene rings is 14. The molecule has 17 aromatic rings. The summed E-state index contributed by atoms with van der Waals surface area (Å²) in [6, 6.07) is 119. The van der Waals surface area contributed by atoms with E-state index in [-0.39, 0.29) is 0 Å². The Balaban J connectivity index is 0.711. The monoisotopic (exact) mass is 1160 g/mol. The number of fused-ring (bicyclic) bond motifs is 15. The molecule has 0 radical (unpaired) electrons. The van der Waals surface area contributed by atoms with E-state index in [2.05, 4.69) is 337 Å². The Hall–Kier alpha value is -11.9. The Morgan fingerprint density at radius 3 is 0.802 bits per heavy atom. The average Bonchev–Trinajstić information content (AvgIpc) is 1.57. The fourth-order valence-electron chi connectivity index (χ4n) is 15.8. The molecule has 0 bridgehead atoms. The molecule has 19 rings (SSSR count). The van der Waals surface area contributed by atoms with Crippen molar-refractivity contribution in [1.29, 1.82) is 0 Å². The van der Waals surface area contributed by atoms with Crippen molar-refractivity contribution in [3.8, 4) is 22.3 Å². The number of para-hydroxylation sites is 2. The quantitative estimate of drug-likeness (QED) is 0.137. The predicted molar refractivity (Wildman–Crippen MR) is 372 cm³/mol. The molecule has 0 saturated carbocycles. The summed E-state index contributed by atoms with van der Waals surface area (Å²) in [5, 5.41) is 5.95. The van der Waals surface area contributed by atoms with Crippen LogP contribution in [0.1, 0.15) is 44.5 Å². The maximum Gasteiger partial charge on any atom is 0.137 e. The first-order chi connectivity index (χ1) is 45.1. The molecule has 0 amide bonds. The highest BCUT2D eigenvalue weighted by atomic mass is 16.3. The van der Waals surface area contributed by atoms with E-state index in [0.717, 1.165) is 99.9 Å². The maximum absolute atomic E-state index is 6.95. The summed E-state index contributed by atoms with van der Waals surface area (Å²) >= 11 is 0. The van der Waals surface area contributed by atoms with Gasteiger partial charge in [0, 0.05) is 78.6 Å². The van der Waals surface area contributed by atoms with Crippen molar-refractivity contribution < 1.29 is 13.3 Å². The van der Waals surface area contributed by atoms with Crippen LogP contribution in [0.15, 0.2) is 341 Å². The van der Waals surface area contributed by atoms with E-state index in [9.17, 15) is 0 Å². The second-order valence-electron chi connectivity index (χ2n) is 24.2. The number of anilines is 6.